The normalized spacial score (nSPS) is 18.9. The Morgan fingerprint density at radius 2 is 1.98 bits per heavy atom. The molecule has 0 radical (unpaired) electrons. The highest BCUT2D eigenvalue weighted by atomic mass is 35.5. The summed E-state index contributed by atoms with van der Waals surface area (Å²) in [5.74, 6) is 0.925. The topological polar surface area (TPSA) is 95.1 Å². The molecule has 0 bridgehead atoms. The van der Waals surface area contributed by atoms with Gasteiger partial charge in [0.15, 0.2) is 5.82 Å². The number of ether oxygens (including phenoxy) is 1. The molecule has 43 heavy (non-hydrogen) atoms. The van der Waals surface area contributed by atoms with Crippen LogP contribution in [0.4, 0.5) is 33.1 Å². The van der Waals surface area contributed by atoms with Gasteiger partial charge in [0.05, 0.1) is 41.8 Å². The molecule has 12 heteroatoms. The van der Waals surface area contributed by atoms with E-state index in [1.165, 1.54) is 31.3 Å². The van der Waals surface area contributed by atoms with Crippen molar-refractivity contribution in [2.24, 2.45) is 0 Å². The standard InChI is InChI=1S/C31H35ClFN7O3/c1-3-30(41)37-24-16-25(27(42-2)17-26(24)39-12-10-38(11-13-39)21-7-8-21)36-28-18-29(35-19-34-28)40-22(9-14-43-40)15-20-5-4-6-23(33)31(20)32/h3-6,16-19,21-22H,1,7-15H2,2H3,(H,37,41)(H,34,35,36)/t22-/m1/s1. The molecule has 2 aromatic carbocycles. The van der Waals surface area contributed by atoms with Gasteiger partial charge in [0.25, 0.3) is 0 Å². The summed E-state index contributed by atoms with van der Waals surface area (Å²) in [4.78, 5) is 32.0. The first-order valence-corrected chi connectivity index (χ1v) is 14.9. The fourth-order valence-electron chi connectivity index (χ4n) is 5.73. The highest BCUT2D eigenvalue weighted by molar-refractivity contribution is 6.31. The van der Waals surface area contributed by atoms with E-state index in [-0.39, 0.29) is 17.0 Å². The largest absolute Gasteiger partial charge is 0.494 e. The Labute approximate surface area is 255 Å². The number of nitrogens with zero attached hydrogens (tertiary/aromatic N) is 5. The zero-order valence-corrected chi connectivity index (χ0v) is 24.8. The number of carbonyl (C=O) groups excluding carboxylic acids is 1. The van der Waals surface area contributed by atoms with E-state index in [2.05, 4.69) is 37.0 Å². The van der Waals surface area contributed by atoms with E-state index in [1.807, 2.05) is 18.2 Å². The predicted molar refractivity (Wildman–Crippen MR) is 166 cm³/mol. The van der Waals surface area contributed by atoms with Gasteiger partial charge in [0, 0.05) is 44.4 Å². The van der Waals surface area contributed by atoms with Gasteiger partial charge < -0.3 is 20.3 Å². The lowest BCUT2D eigenvalue weighted by Gasteiger charge is -2.37. The first-order valence-electron chi connectivity index (χ1n) is 14.5. The number of hydroxylamine groups is 1. The van der Waals surface area contributed by atoms with Crippen LogP contribution in [0.1, 0.15) is 24.8 Å². The molecule has 1 saturated carbocycles. The third kappa shape index (κ3) is 6.53. The summed E-state index contributed by atoms with van der Waals surface area (Å²) >= 11 is 6.23. The fourth-order valence-corrected chi connectivity index (χ4v) is 5.93. The molecule has 3 aliphatic rings. The number of hydrogen-bond donors (Lipinski definition) is 2. The van der Waals surface area contributed by atoms with Gasteiger partial charge in [0.1, 0.15) is 23.7 Å². The second kappa shape index (κ2) is 12.7. The van der Waals surface area contributed by atoms with Gasteiger partial charge >= 0.3 is 0 Å². The van der Waals surface area contributed by atoms with Gasteiger partial charge in [-0.1, -0.05) is 30.3 Å². The van der Waals surface area contributed by atoms with Gasteiger partial charge in [-0.2, -0.15) is 0 Å². The average molecular weight is 608 g/mol. The van der Waals surface area contributed by atoms with Gasteiger partial charge in [-0.15, -0.1) is 0 Å². The van der Waals surface area contributed by atoms with Crippen molar-refractivity contribution in [3.05, 3.63) is 71.8 Å². The van der Waals surface area contributed by atoms with Gasteiger partial charge in [-0.05, 0) is 49.5 Å². The van der Waals surface area contributed by atoms with Crippen molar-refractivity contribution in [2.75, 3.05) is 60.5 Å². The summed E-state index contributed by atoms with van der Waals surface area (Å²) in [6.45, 7) is 7.80. The first kappa shape index (κ1) is 29.2. The highest BCUT2D eigenvalue weighted by Gasteiger charge is 2.32. The van der Waals surface area contributed by atoms with Crippen molar-refractivity contribution in [2.45, 2.75) is 37.8 Å². The van der Waals surface area contributed by atoms with Crippen molar-refractivity contribution in [1.29, 1.82) is 0 Å². The Bertz CT molecular complexity index is 1500. The number of nitrogens with one attached hydrogen (secondary N) is 2. The van der Waals surface area contributed by atoms with E-state index in [1.54, 1.807) is 24.3 Å². The lowest BCUT2D eigenvalue weighted by molar-refractivity contribution is -0.111. The van der Waals surface area contributed by atoms with E-state index >= 15 is 0 Å². The maximum absolute atomic E-state index is 14.0. The van der Waals surface area contributed by atoms with E-state index < -0.39 is 5.82 Å². The quantitative estimate of drug-likeness (QED) is 0.302. The van der Waals surface area contributed by atoms with E-state index in [0.29, 0.717) is 47.4 Å². The van der Waals surface area contributed by atoms with Crippen molar-refractivity contribution >= 4 is 46.2 Å². The second-order valence-electron chi connectivity index (χ2n) is 10.9. The van der Waals surface area contributed by atoms with Gasteiger partial charge in [0.2, 0.25) is 5.91 Å². The summed E-state index contributed by atoms with van der Waals surface area (Å²) in [6.07, 6.45) is 6.51. The first-order chi connectivity index (χ1) is 20.9. The summed E-state index contributed by atoms with van der Waals surface area (Å²) < 4.78 is 19.8. The zero-order chi connectivity index (χ0) is 29.9. The predicted octanol–water partition coefficient (Wildman–Crippen LogP) is 5.18. The molecule has 2 aliphatic heterocycles. The Kier molecular flexibility index (Phi) is 8.64. The molecule has 1 atom stereocenters. The van der Waals surface area contributed by atoms with Crippen LogP contribution < -0.4 is 25.3 Å². The van der Waals surface area contributed by atoms with Crippen LogP contribution in [0.2, 0.25) is 5.02 Å². The SMILES string of the molecule is C=CC(=O)Nc1cc(Nc2cc(N3OCC[C@@H]3Cc3cccc(F)c3Cl)ncn2)c(OC)cc1N1CCN(C2CC2)CC1. The number of benzene rings is 2. The van der Waals surface area contributed by atoms with Crippen LogP contribution in [0, 0.1) is 5.82 Å². The molecular formula is C31H35ClFN7O3. The lowest BCUT2D eigenvalue weighted by Crippen LogP contribution is -2.47. The minimum atomic E-state index is -0.442. The molecule has 226 valence electrons. The van der Waals surface area contributed by atoms with E-state index in [9.17, 15) is 9.18 Å². The maximum atomic E-state index is 14.0. The Morgan fingerprint density at radius 3 is 2.72 bits per heavy atom. The van der Waals surface area contributed by atoms with Crippen molar-refractivity contribution in [1.82, 2.24) is 14.9 Å². The monoisotopic (exact) mass is 607 g/mol. The number of halogens is 2. The summed E-state index contributed by atoms with van der Waals surface area (Å²) in [7, 11) is 1.61. The Morgan fingerprint density at radius 1 is 1.16 bits per heavy atom. The number of hydrogen-bond acceptors (Lipinski definition) is 9. The second-order valence-corrected chi connectivity index (χ2v) is 11.3. The van der Waals surface area contributed by atoms with E-state index in [0.717, 1.165) is 44.3 Å². The van der Waals surface area contributed by atoms with Crippen LogP contribution in [-0.4, -0.2) is 72.8 Å². The molecule has 10 nitrogen and oxygen atoms in total. The van der Waals surface area contributed by atoms with Crippen molar-refractivity contribution in [3.8, 4) is 5.75 Å². The van der Waals surface area contributed by atoms with Gasteiger partial charge in [-0.25, -0.2) is 19.4 Å². The van der Waals surface area contributed by atoms with Crippen LogP contribution >= 0.6 is 11.6 Å². The average Bonchev–Trinajstić information content (AvgIpc) is 3.78. The van der Waals surface area contributed by atoms with Crippen LogP contribution in [0.15, 0.2) is 55.4 Å². The molecule has 3 aromatic rings. The number of aromatic nitrogens is 2. The molecule has 3 heterocycles. The molecule has 6 rings (SSSR count). The van der Waals surface area contributed by atoms with Crippen molar-refractivity contribution < 1.29 is 18.8 Å². The highest BCUT2D eigenvalue weighted by Crippen LogP contribution is 2.40. The Hall–Kier alpha value is -3.93. The maximum Gasteiger partial charge on any atom is 0.247 e. The molecule has 1 aliphatic carbocycles. The minimum Gasteiger partial charge on any atom is -0.494 e. The molecule has 2 N–H and O–H groups in total. The zero-order valence-electron chi connectivity index (χ0n) is 24.1. The number of piperazine rings is 1. The van der Waals surface area contributed by atoms with Crippen LogP contribution in [0.25, 0.3) is 0 Å². The molecular weight excluding hydrogens is 573 g/mol. The van der Waals surface area contributed by atoms with Crippen LogP contribution in [-0.2, 0) is 16.1 Å². The smallest absolute Gasteiger partial charge is 0.247 e. The van der Waals surface area contributed by atoms with E-state index in [4.69, 9.17) is 21.2 Å². The van der Waals surface area contributed by atoms with Crippen molar-refractivity contribution in [3.63, 3.8) is 0 Å². The molecule has 1 aromatic heterocycles. The van der Waals surface area contributed by atoms with Crippen LogP contribution in [0.5, 0.6) is 5.75 Å². The molecule has 2 saturated heterocycles. The third-order valence-electron chi connectivity index (χ3n) is 8.12. The molecule has 0 unspecified atom stereocenters. The number of rotatable bonds is 10. The van der Waals surface area contributed by atoms with Gasteiger partial charge in [-0.3, -0.25) is 14.5 Å². The number of anilines is 5. The number of methoxy groups -OCH3 is 1. The molecule has 3 fully saturated rings. The molecule has 0 spiro atoms. The number of carbonyl (C=O) groups is 1. The molecule has 1 amide bonds. The Balaban J connectivity index is 1.24. The fraction of sp³-hybridized carbons (Fsp3) is 0.387. The van der Waals surface area contributed by atoms with Crippen LogP contribution in [0.3, 0.4) is 0 Å². The minimum absolute atomic E-state index is 0.0861. The lowest BCUT2D eigenvalue weighted by atomic mass is 10.0. The number of amides is 1. The summed E-state index contributed by atoms with van der Waals surface area (Å²) in [5.41, 5.74) is 2.87. The third-order valence-corrected chi connectivity index (χ3v) is 8.54. The summed E-state index contributed by atoms with van der Waals surface area (Å²) in [5, 5.41) is 8.15. The summed E-state index contributed by atoms with van der Waals surface area (Å²) in [6, 6.07) is 11.0.